The number of rotatable bonds is 9. The normalized spacial score (nSPS) is 15.6. The molecule has 1 atom stereocenters. The van der Waals surface area contributed by atoms with E-state index in [1.807, 2.05) is 17.5 Å². The van der Waals surface area contributed by atoms with Crippen molar-refractivity contribution < 1.29 is 19.1 Å². The number of carbonyl (C=O) groups is 2. The predicted molar refractivity (Wildman–Crippen MR) is 136 cm³/mol. The molecule has 0 saturated carbocycles. The summed E-state index contributed by atoms with van der Waals surface area (Å²) in [5.74, 6) is -0.871. The molecule has 1 aliphatic rings. The fourth-order valence-corrected chi connectivity index (χ4v) is 4.88. The summed E-state index contributed by atoms with van der Waals surface area (Å²) in [5, 5.41) is 5.18. The fourth-order valence-electron chi connectivity index (χ4n) is 4.18. The first kappa shape index (κ1) is 25.0. The van der Waals surface area contributed by atoms with Crippen molar-refractivity contribution in [1.29, 1.82) is 0 Å². The van der Waals surface area contributed by atoms with Crippen LogP contribution in [0.15, 0.2) is 66.0 Å². The molecule has 3 aromatic rings. The zero-order chi connectivity index (χ0) is 24.6. The van der Waals surface area contributed by atoms with E-state index in [2.05, 4.69) is 63.7 Å². The number of nitrogens with zero attached hydrogens (tertiary/aromatic N) is 2. The summed E-state index contributed by atoms with van der Waals surface area (Å²) in [4.78, 5) is 30.1. The van der Waals surface area contributed by atoms with E-state index in [9.17, 15) is 9.59 Å². The number of nitrogens with one attached hydrogen (secondary N) is 1. The summed E-state index contributed by atoms with van der Waals surface area (Å²) in [7, 11) is 0. The number of esters is 1. The zero-order valence-corrected chi connectivity index (χ0v) is 20.9. The van der Waals surface area contributed by atoms with Gasteiger partial charge in [-0.25, -0.2) is 4.98 Å². The molecule has 0 bridgehead atoms. The van der Waals surface area contributed by atoms with Crippen molar-refractivity contribution >= 4 is 28.3 Å². The summed E-state index contributed by atoms with van der Waals surface area (Å²) < 4.78 is 11.5. The summed E-state index contributed by atoms with van der Waals surface area (Å²) in [6, 6.07) is 20.8. The number of anilines is 1. The monoisotopic (exact) mass is 493 g/mol. The first-order valence-corrected chi connectivity index (χ1v) is 12.8. The predicted octanol–water partition coefficient (Wildman–Crippen LogP) is 4.80. The van der Waals surface area contributed by atoms with Crippen LogP contribution in [0.1, 0.15) is 49.6 Å². The smallest absolute Gasteiger partial charge is 0.303 e. The van der Waals surface area contributed by atoms with Gasteiger partial charge in [-0.05, 0) is 30.9 Å². The number of benzene rings is 2. The molecule has 1 saturated heterocycles. The fraction of sp³-hybridized carbons (Fsp3) is 0.370. The molecule has 1 fully saturated rings. The molecule has 7 nitrogen and oxygen atoms in total. The molecular formula is C27H31N3O4S. The Morgan fingerprint density at radius 1 is 1.06 bits per heavy atom. The molecule has 184 valence electrons. The lowest BCUT2D eigenvalue weighted by Crippen LogP contribution is -2.37. The van der Waals surface area contributed by atoms with Crippen LogP contribution in [-0.4, -0.2) is 47.1 Å². The Hall–Kier alpha value is -3.07. The molecule has 0 unspecified atom stereocenters. The van der Waals surface area contributed by atoms with Gasteiger partial charge < -0.3 is 9.47 Å². The third-order valence-corrected chi connectivity index (χ3v) is 6.75. The lowest BCUT2D eigenvalue weighted by atomic mass is 10.00. The number of amides is 1. The van der Waals surface area contributed by atoms with Crippen LogP contribution in [0.5, 0.6) is 0 Å². The van der Waals surface area contributed by atoms with Crippen LogP contribution in [0.4, 0.5) is 5.13 Å². The van der Waals surface area contributed by atoms with Crippen molar-refractivity contribution in [3.63, 3.8) is 0 Å². The second-order valence-corrected chi connectivity index (χ2v) is 9.56. The van der Waals surface area contributed by atoms with E-state index < -0.39 is 12.1 Å². The van der Waals surface area contributed by atoms with Gasteiger partial charge in [-0.3, -0.25) is 19.8 Å². The van der Waals surface area contributed by atoms with Crippen LogP contribution in [0, 0.1) is 0 Å². The average Bonchev–Trinajstić information content (AvgIpc) is 3.30. The van der Waals surface area contributed by atoms with Crippen molar-refractivity contribution in [2.45, 2.75) is 51.5 Å². The molecule has 0 aliphatic carbocycles. The van der Waals surface area contributed by atoms with Gasteiger partial charge in [-0.1, -0.05) is 60.7 Å². The third-order valence-electron chi connectivity index (χ3n) is 5.95. The molecule has 8 heteroatoms. The molecule has 2 aromatic carbocycles. The number of thiazole rings is 1. The van der Waals surface area contributed by atoms with Crippen molar-refractivity contribution in [3.05, 3.63) is 82.9 Å². The SMILES string of the molecule is CC(=O)O[C@@H](C)C(=O)Nc1nc(CN2CCC(OC(c3ccccc3)c3ccccc3)CC2)cs1. The lowest BCUT2D eigenvalue weighted by molar-refractivity contribution is -0.150. The van der Waals surface area contributed by atoms with E-state index in [0.29, 0.717) is 5.13 Å². The Labute approximate surface area is 210 Å². The summed E-state index contributed by atoms with van der Waals surface area (Å²) in [6.45, 7) is 5.38. The highest BCUT2D eigenvalue weighted by Gasteiger charge is 2.25. The van der Waals surface area contributed by atoms with Gasteiger partial charge in [0.1, 0.15) is 6.10 Å². The van der Waals surface area contributed by atoms with E-state index in [1.54, 1.807) is 0 Å². The lowest BCUT2D eigenvalue weighted by Gasteiger charge is -2.34. The highest BCUT2D eigenvalue weighted by Crippen LogP contribution is 2.30. The number of likely N-dealkylation sites (tertiary alicyclic amines) is 1. The van der Waals surface area contributed by atoms with E-state index in [0.717, 1.165) is 38.2 Å². The minimum absolute atomic E-state index is 0.0759. The Kier molecular flexibility index (Phi) is 8.63. The molecule has 4 rings (SSSR count). The number of aromatic nitrogens is 1. The first-order valence-electron chi connectivity index (χ1n) is 11.9. The first-order chi connectivity index (χ1) is 17.0. The van der Waals surface area contributed by atoms with Crippen molar-refractivity contribution in [1.82, 2.24) is 9.88 Å². The molecule has 0 spiro atoms. The molecule has 35 heavy (non-hydrogen) atoms. The molecule has 1 amide bonds. The van der Waals surface area contributed by atoms with Gasteiger partial charge >= 0.3 is 5.97 Å². The van der Waals surface area contributed by atoms with Gasteiger partial charge in [-0.15, -0.1) is 11.3 Å². The van der Waals surface area contributed by atoms with Gasteiger partial charge in [0.05, 0.1) is 11.8 Å². The van der Waals surface area contributed by atoms with E-state index >= 15 is 0 Å². The van der Waals surface area contributed by atoms with Crippen LogP contribution in [0.3, 0.4) is 0 Å². The van der Waals surface area contributed by atoms with Gasteiger partial charge in [0.2, 0.25) is 0 Å². The standard InChI is InChI=1S/C27H31N3O4S/c1-19(33-20(2)31)26(32)29-27-28-23(18-35-27)17-30-15-13-24(14-16-30)34-25(21-9-5-3-6-10-21)22-11-7-4-8-12-22/h3-12,18-19,24-25H,13-17H2,1-2H3,(H,28,29,32)/t19-/m0/s1. The van der Waals surface area contributed by atoms with Crippen LogP contribution in [-0.2, 0) is 25.6 Å². The van der Waals surface area contributed by atoms with Crippen molar-refractivity contribution in [3.8, 4) is 0 Å². The second kappa shape index (κ2) is 12.1. The van der Waals surface area contributed by atoms with E-state index in [1.165, 1.54) is 36.3 Å². The molecule has 0 radical (unpaired) electrons. The molecular weight excluding hydrogens is 462 g/mol. The number of hydrogen-bond acceptors (Lipinski definition) is 7. The number of carbonyl (C=O) groups excluding carboxylic acids is 2. The second-order valence-electron chi connectivity index (χ2n) is 8.70. The Morgan fingerprint density at radius 3 is 2.23 bits per heavy atom. The van der Waals surface area contributed by atoms with E-state index in [-0.39, 0.29) is 18.1 Å². The van der Waals surface area contributed by atoms with Crippen LogP contribution >= 0.6 is 11.3 Å². The molecule has 1 N–H and O–H groups in total. The van der Waals surface area contributed by atoms with E-state index in [4.69, 9.17) is 9.47 Å². The molecule has 2 heterocycles. The number of ether oxygens (including phenoxy) is 2. The minimum atomic E-state index is -0.852. The van der Waals surface area contributed by atoms with Crippen LogP contribution in [0.2, 0.25) is 0 Å². The number of piperidine rings is 1. The van der Waals surface area contributed by atoms with Crippen molar-refractivity contribution in [2.24, 2.45) is 0 Å². The zero-order valence-electron chi connectivity index (χ0n) is 20.1. The Bertz CT molecular complexity index is 1060. The third kappa shape index (κ3) is 7.21. The van der Waals surface area contributed by atoms with Gasteiger partial charge in [0.25, 0.3) is 5.91 Å². The Morgan fingerprint density at radius 2 is 1.66 bits per heavy atom. The topological polar surface area (TPSA) is 80.8 Å². The van der Waals surface area contributed by atoms with Crippen molar-refractivity contribution in [2.75, 3.05) is 18.4 Å². The molecule has 1 aromatic heterocycles. The largest absolute Gasteiger partial charge is 0.453 e. The highest BCUT2D eigenvalue weighted by molar-refractivity contribution is 7.13. The van der Waals surface area contributed by atoms with Crippen LogP contribution < -0.4 is 5.32 Å². The summed E-state index contributed by atoms with van der Waals surface area (Å²) >= 11 is 1.37. The highest BCUT2D eigenvalue weighted by atomic mass is 32.1. The number of hydrogen-bond donors (Lipinski definition) is 1. The maximum Gasteiger partial charge on any atom is 0.303 e. The maximum atomic E-state index is 12.1. The Balaban J connectivity index is 1.29. The van der Waals surface area contributed by atoms with Gasteiger partial charge in [-0.2, -0.15) is 0 Å². The summed E-state index contributed by atoms with van der Waals surface area (Å²) in [5.41, 5.74) is 3.25. The summed E-state index contributed by atoms with van der Waals surface area (Å²) in [6.07, 6.45) is 1.15. The van der Waals surface area contributed by atoms with Gasteiger partial charge in [0.15, 0.2) is 11.2 Å². The quantitative estimate of drug-likeness (QED) is 0.431. The molecule has 1 aliphatic heterocycles. The van der Waals surface area contributed by atoms with Crippen LogP contribution in [0.25, 0.3) is 0 Å². The minimum Gasteiger partial charge on any atom is -0.453 e. The van der Waals surface area contributed by atoms with Gasteiger partial charge in [0, 0.05) is 31.9 Å². The maximum absolute atomic E-state index is 12.1. The average molecular weight is 494 g/mol.